The molecular weight excluding hydrogens is 308 g/mol. The Hall–Kier alpha value is -3.02. The molecule has 2 aromatic carbocycles. The summed E-state index contributed by atoms with van der Waals surface area (Å²) in [5, 5.41) is 4.19. The molecule has 0 fully saturated rings. The summed E-state index contributed by atoms with van der Waals surface area (Å²) >= 11 is 0. The fraction of sp³-hybridized carbons (Fsp3) is 0.222. The molecule has 0 aromatic heterocycles. The molecule has 126 valence electrons. The summed E-state index contributed by atoms with van der Waals surface area (Å²) in [6.07, 6.45) is 1.68. The van der Waals surface area contributed by atoms with Gasteiger partial charge >= 0.3 is 5.97 Å². The van der Waals surface area contributed by atoms with Crippen LogP contribution in [-0.2, 0) is 16.1 Å². The summed E-state index contributed by atoms with van der Waals surface area (Å²) in [5.41, 5.74) is 4.85. The number of rotatable bonds is 8. The SMILES string of the molecule is COC(=O)COc1cccc(/C=N\NCc2ccccc2OC)c1. The lowest BCUT2D eigenvalue weighted by Crippen LogP contribution is -2.12. The van der Waals surface area contributed by atoms with Crippen molar-refractivity contribution in [1.29, 1.82) is 0 Å². The highest BCUT2D eigenvalue weighted by molar-refractivity contribution is 5.80. The summed E-state index contributed by atoms with van der Waals surface area (Å²) in [7, 11) is 2.96. The van der Waals surface area contributed by atoms with E-state index in [0.717, 1.165) is 16.9 Å². The number of benzene rings is 2. The molecule has 0 spiro atoms. The van der Waals surface area contributed by atoms with Crippen LogP contribution in [-0.4, -0.2) is 33.0 Å². The van der Waals surface area contributed by atoms with Crippen LogP contribution in [0.2, 0.25) is 0 Å². The molecule has 0 unspecified atom stereocenters. The summed E-state index contributed by atoms with van der Waals surface area (Å²) < 4.78 is 15.1. The van der Waals surface area contributed by atoms with Gasteiger partial charge in [0.05, 0.1) is 27.0 Å². The average molecular weight is 328 g/mol. The Labute approximate surface area is 141 Å². The van der Waals surface area contributed by atoms with E-state index in [1.165, 1.54) is 7.11 Å². The highest BCUT2D eigenvalue weighted by Crippen LogP contribution is 2.16. The topological polar surface area (TPSA) is 69.2 Å². The summed E-state index contributed by atoms with van der Waals surface area (Å²) in [6, 6.07) is 15.0. The van der Waals surface area contributed by atoms with Crippen molar-refractivity contribution < 1.29 is 19.0 Å². The van der Waals surface area contributed by atoms with Gasteiger partial charge in [-0.2, -0.15) is 5.10 Å². The highest BCUT2D eigenvalue weighted by atomic mass is 16.6. The minimum absolute atomic E-state index is 0.122. The zero-order valence-corrected chi connectivity index (χ0v) is 13.7. The van der Waals surface area contributed by atoms with E-state index >= 15 is 0 Å². The number of esters is 1. The standard InChI is InChI=1S/C18H20N2O4/c1-22-17-9-4-3-7-15(17)12-20-19-11-14-6-5-8-16(10-14)24-13-18(21)23-2/h3-11,20H,12-13H2,1-2H3/b19-11-. The minimum Gasteiger partial charge on any atom is -0.496 e. The number of hydrazone groups is 1. The van der Waals surface area contributed by atoms with Crippen molar-refractivity contribution in [3.63, 3.8) is 0 Å². The van der Waals surface area contributed by atoms with Gasteiger partial charge < -0.3 is 19.6 Å². The van der Waals surface area contributed by atoms with Gasteiger partial charge in [-0.3, -0.25) is 0 Å². The van der Waals surface area contributed by atoms with Crippen molar-refractivity contribution >= 4 is 12.2 Å². The largest absolute Gasteiger partial charge is 0.496 e. The van der Waals surface area contributed by atoms with Crippen LogP contribution in [0.5, 0.6) is 11.5 Å². The monoisotopic (exact) mass is 328 g/mol. The molecule has 1 N–H and O–H groups in total. The smallest absolute Gasteiger partial charge is 0.343 e. The van der Waals surface area contributed by atoms with E-state index in [9.17, 15) is 4.79 Å². The predicted molar refractivity (Wildman–Crippen MR) is 91.4 cm³/mol. The van der Waals surface area contributed by atoms with E-state index in [-0.39, 0.29) is 6.61 Å². The Morgan fingerprint density at radius 2 is 2.00 bits per heavy atom. The third-order valence-electron chi connectivity index (χ3n) is 3.21. The summed E-state index contributed by atoms with van der Waals surface area (Å²) in [5.74, 6) is 0.972. The van der Waals surface area contributed by atoms with Crippen molar-refractivity contribution in [1.82, 2.24) is 5.43 Å². The third-order valence-corrected chi connectivity index (χ3v) is 3.21. The number of carbonyl (C=O) groups is 1. The van der Waals surface area contributed by atoms with Crippen LogP contribution in [0, 0.1) is 0 Å². The fourth-order valence-electron chi connectivity index (χ4n) is 1.99. The number of ether oxygens (including phenoxy) is 3. The Morgan fingerprint density at radius 1 is 1.17 bits per heavy atom. The van der Waals surface area contributed by atoms with Crippen molar-refractivity contribution in [2.45, 2.75) is 6.54 Å². The van der Waals surface area contributed by atoms with Crippen molar-refractivity contribution in [2.75, 3.05) is 20.8 Å². The first-order valence-corrected chi connectivity index (χ1v) is 7.40. The number of carbonyl (C=O) groups excluding carboxylic acids is 1. The molecular formula is C18H20N2O4. The zero-order valence-electron chi connectivity index (χ0n) is 13.7. The quantitative estimate of drug-likeness (QED) is 0.458. The zero-order chi connectivity index (χ0) is 17.2. The Bertz CT molecular complexity index is 701. The number of nitrogens with one attached hydrogen (secondary N) is 1. The van der Waals surface area contributed by atoms with Crippen molar-refractivity contribution in [3.05, 3.63) is 59.7 Å². The highest BCUT2D eigenvalue weighted by Gasteiger charge is 2.02. The van der Waals surface area contributed by atoms with Gasteiger partial charge in [-0.05, 0) is 23.8 Å². The summed E-state index contributed by atoms with van der Waals surface area (Å²) in [4.78, 5) is 11.1. The van der Waals surface area contributed by atoms with Gasteiger partial charge in [0.15, 0.2) is 6.61 Å². The van der Waals surface area contributed by atoms with Crippen molar-refractivity contribution in [2.24, 2.45) is 5.10 Å². The first-order chi connectivity index (χ1) is 11.7. The number of methoxy groups -OCH3 is 2. The lowest BCUT2D eigenvalue weighted by molar-refractivity contribution is -0.142. The van der Waals surface area contributed by atoms with E-state index in [1.54, 1.807) is 25.5 Å². The molecule has 0 aliphatic rings. The van der Waals surface area contributed by atoms with Crippen molar-refractivity contribution in [3.8, 4) is 11.5 Å². The van der Waals surface area contributed by atoms with Crippen LogP contribution in [0.15, 0.2) is 53.6 Å². The molecule has 0 saturated carbocycles. The Balaban J connectivity index is 1.88. The molecule has 0 heterocycles. The van der Waals surface area contributed by atoms with Gasteiger partial charge in [0.2, 0.25) is 0 Å². The van der Waals surface area contributed by atoms with Crippen LogP contribution in [0.25, 0.3) is 0 Å². The Morgan fingerprint density at radius 3 is 2.79 bits per heavy atom. The molecule has 0 amide bonds. The molecule has 2 aromatic rings. The molecule has 0 radical (unpaired) electrons. The number of hydrogen-bond donors (Lipinski definition) is 1. The van der Waals surface area contributed by atoms with Gasteiger partial charge in [0.25, 0.3) is 0 Å². The second-order valence-electron chi connectivity index (χ2n) is 4.84. The molecule has 0 aliphatic carbocycles. The Kier molecular flexibility index (Phi) is 6.64. The first-order valence-electron chi connectivity index (χ1n) is 7.40. The average Bonchev–Trinajstić information content (AvgIpc) is 2.64. The van der Waals surface area contributed by atoms with Crippen LogP contribution >= 0.6 is 0 Å². The maximum atomic E-state index is 11.1. The van der Waals surface area contributed by atoms with Crippen LogP contribution in [0.3, 0.4) is 0 Å². The van der Waals surface area contributed by atoms with Crippen LogP contribution in [0.1, 0.15) is 11.1 Å². The maximum absolute atomic E-state index is 11.1. The normalized spacial score (nSPS) is 10.4. The molecule has 2 rings (SSSR count). The number of para-hydroxylation sites is 1. The van der Waals surface area contributed by atoms with E-state index in [2.05, 4.69) is 15.3 Å². The number of hydrogen-bond acceptors (Lipinski definition) is 6. The fourth-order valence-corrected chi connectivity index (χ4v) is 1.99. The molecule has 6 heteroatoms. The molecule has 0 saturated heterocycles. The van der Waals surface area contributed by atoms with Gasteiger partial charge in [-0.25, -0.2) is 4.79 Å². The van der Waals surface area contributed by atoms with Gasteiger partial charge in [0.1, 0.15) is 11.5 Å². The molecule has 0 bridgehead atoms. The van der Waals surface area contributed by atoms with Crippen LogP contribution in [0.4, 0.5) is 0 Å². The van der Waals surface area contributed by atoms with Gasteiger partial charge in [-0.1, -0.05) is 30.3 Å². The van der Waals surface area contributed by atoms with Gasteiger partial charge in [0, 0.05) is 5.56 Å². The van der Waals surface area contributed by atoms with E-state index in [4.69, 9.17) is 9.47 Å². The minimum atomic E-state index is -0.424. The van der Waals surface area contributed by atoms with Gasteiger partial charge in [-0.15, -0.1) is 0 Å². The molecule has 6 nitrogen and oxygen atoms in total. The molecule has 0 aliphatic heterocycles. The maximum Gasteiger partial charge on any atom is 0.343 e. The van der Waals surface area contributed by atoms with Crippen LogP contribution < -0.4 is 14.9 Å². The van der Waals surface area contributed by atoms with E-state index in [1.807, 2.05) is 36.4 Å². The molecule has 0 atom stereocenters. The summed E-state index contributed by atoms with van der Waals surface area (Å²) in [6.45, 7) is 0.433. The number of nitrogens with zero attached hydrogens (tertiary/aromatic N) is 1. The second-order valence-corrected chi connectivity index (χ2v) is 4.84. The third kappa shape index (κ3) is 5.31. The lowest BCUT2D eigenvalue weighted by Gasteiger charge is -2.07. The van der Waals surface area contributed by atoms with E-state index in [0.29, 0.717) is 12.3 Å². The van der Waals surface area contributed by atoms with E-state index < -0.39 is 5.97 Å². The lowest BCUT2D eigenvalue weighted by atomic mass is 10.2. The second kappa shape index (κ2) is 9.19. The predicted octanol–water partition coefficient (Wildman–Crippen LogP) is 2.37. The molecule has 24 heavy (non-hydrogen) atoms. The first kappa shape index (κ1) is 17.3.